The lowest BCUT2D eigenvalue weighted by atomic mass is 10.2. The number of benzene rings is 2. The van der Waals surface area contributed by atoms with Crippen LogP contribution in [0.3, 0.4) is 0 Å². The second kappa shape index (κ2) is 6.50. The monoisotopic (exact) mass is 324 g/mol. The third kappa shape index (κ3) is 3.17. The highest BCUT2D eigenvalue weighted by Crippen LogP contribution is 2.28. The molecule has 2 aromatic heterocycles. The maximum absolute atomic E-state index is 9.37. The van der Waals surface area contributed by atoms with E-state index in [2.05, 4.69) is 9.97 Å². The number of aromatic nitrogens is 2. The van der Waals surface area contributed by atoms with E-state index < -0.39 is 0 Å². The molecule has 4 aromatic rings. The second-order valence-electron chi connectivity index (χ2n) is 4.82. The average Bonchev–Trinajstić information content (AvgIpc) is 2.60. The van der Waals surface area contributed by atoms with Crippen molar-refractivity contribution in [1.29, 1.82) is 0 Å². The molecule has 0 radical (unpaired) electrons. The van der Waals surface area contributed by atoms with Crippen LogP contribution in [0.4, 0.5) is 0 Å². The number of nitrogens with zero attached hydrogens (tertiary/aromatic N) is 2. The first kappa shape index (κ1) is 15.1. The van der Waals surface area contributed by atoms with E-state index in [1.54, 1.807) is 36.7 Å². The van der Waals surface area contributed by atoms with Crippen molar-refractivity contribution in [2.24, 2.45) is 0 Å². The molecular weight excluding hydrogens is 312 g/mol. The smallest absolute Gasteiger partial charge is 0.141 e. The highest BCUT2D eigenvalue weighted by Gasteiger charge is 2.02. The van der Waals surface area contributed by atoms with E-state index in [9.17, 15) is 10.2 Å². The van der Waals surface area contributed by atoms with Crippen LogP contribution in [0.15, 0.2) is 67.0 Å². The summed E-state index contributed by atoms with van der Waals surface area (Å²) < 4.78 is 0. The summed E-state index contributed by atoms with van der Waals surface area (Å²) >= 11 is 5.88. The Kier molecular flexibility index (Phi) is 4.26. The van der Waals surface area contributed by atoms with Gasteiger partial charge >= 0.3 is 0 Å². The van der Waals surface area contributed by atoms with Gasteiger partial charge in [0.15, 0.2) is 0 Å². The van der Waals surface area contributed by atoms with Crippen LogP contribution < -0.4 is 0 Å². The van der Waals surface area contributed by atoms with Gasteiger partial charge in [-0.05, 0) is 36.4 Å². The summed E-state index contributed by atoms with van der Waals surface area (Å²) in [6, 6.07) is 15.9. The minimum absolute atomic E-state index is 0.162. The number of rotatable bonds is 0. The minimum Gasteiger partial charge on any atom is -0.506 e. The van der Waals surface area contributed by atoms with Crippen LogP contribution in [0, 0.1) is 0 Å². The molecule has 0 aliphatic carbocycles. The molecule has 5 heteroatoms. The van der Waals surface area contributed by atoms with Gasteiger partial charge in [0, 0.05) is 23.2 Å². The normalized spacial score (nSPS) is 10.3. The highest BCUT2D eigenvalue weighted by atomic mass is 35.5. The van der Waals surface area contributed by atoms with Crippen molar-refractivity contribution in [2.45, 2.75) is 0 Å². The number of para-hydroxylation sites is 1. The lowest BCUT2D eigenvalue weighted by Gasteiger charge is -2.00. The first-order valence-electron chi connectivity index (χ1n) is 6.92. The van der Waals surface area contributed by atoms with E-state index in [4.69, 9.17) is 11.6 Å². The number of aromatic hydroxyl groups is 2. The number of phenols is 2. The third-order valence-corrected chi connectivity index (χ3v) is 3.64. The quantitative estimate of drug-likeness (QED) is 0.498. The van der Waals surface area contributed by atoms with E-state index in [1.165, 1.54) is 6.07 Å². The van der Waals surface area contributed by atoms with Gasteiger partial charge in [-0.25, -0.2) is 0 Å². The minimum atomic E-state index is 0.162. The molecule has 0 atom stereocenters. The average molecular weight is 325 g/mol. The van der Waals surface area contributed by atoms with Crippen LogP contribution in [-0.2, 0) is 0 Å². The largest absolute Gasteiger partial charge is 0.506 e. The molecule has 0 aliphatic heterocycles. The van der Waals surface area contributed by atoms with Crippen molar-refractivity contribution < 1.29 is 10.2 Å². The molecule has 114 valence electrons. The summed E-state index contributed by atoms with van der Waals surface area (Å²) in [5, 5.41) is 21.0. The van der Waals surface area contributed by atoms with Crippen LogP contribution in [0.25, 0.3) is 21.8 Å². The molecule has 0 amide bonds. The van der Waals surface area contributed by atoms with Gasteiger partial charge in [0.25, 0.3) is 0 Å². The van der Waals surface area contributed by atoms with Gasteiger partial charge in [-0.1, -0.05) is 29.8 Å². The zero-order chi connectivity index (χ0) is 16.2. The van der Waals surface area contributed by atoms with Crippen molar-refractivity contribution in [3.05, 3.63) is 72.0 Å². The van der Waals surface area contributed by atoms with Crippen LogP contribution in [-0.4, -0.2) is 20.2 Å². The topological polar surface area (TPSA) is 66.2 Å². The summed E-state index contributed by atoms with van der Waals surface area (Å²) in [7, 11) is 0. The number of hydrogen-bond acceptors (Lipinski definition) is 4. The van der Waals surface area contributed by atoms with Crippen LogP contribution in [0.2, 0.25) is 5.02 Å². The summed E-state index contributed by atoms with van der Waals surface area (Å²) in [6.45, 7) is 0. The lowest BCUT2D eigenvalue weighted by molar-refractivity contribution is 0.480. The molecule has 0 unspecified atom stereocenters. The van der Waals surface area contributed by atoms with Gasteiger partial charge in [-0.15, -0.1) is 0 Å². The zero-order valence-corrected chi connectivity index (χ0v) is 12.8. The molecule has 2 N–H and O–H groups in total. The second-order valence-corrected chi connectivity index (χ2v) is 5.23. The Balaban J connectivity index is 0.000000136. The standard InChI is InChI=1S/C9H6ClNO.C9H7NO/c10-7-3-4-8(12)9-6(7)2-1-5-11-9;11-8-5-1-3-7-4-2-6-10-9(7)8/h1-5,12H;1-6,11H. The predicted octanol–water partition coefficient (Wildman–Crippen LogP) is 4.53. The number of fused-ring (bicyclic) bond motifs is 2. The van der Waals surface area contributed by atoms with Gasteiger partial charge < -0.3 is 10.2 Å². The Morgan fingerprint density at radius 2 is 1.35 bits per heavy atom. The van der Waals surface area contributed by atoms with Crippen LogP contribution >= 0.6 is 11.6 Å². The fourth-order valence-electron chi connectivity index (χ4n) is 2.21. The molecule has 2 heterocycles. The van der Waals surface area contributed by atoms with Gasteiger partial charge in [-0.3, -0.25) is 9.97 Å². The highest BCUT2D eigenvalue weighted by molar-refractivity contribution is 6.35. The van der Waals surface area contributed by atoms with Crippen molar-refractivity contribution >= 4 is 33.4 Å². The maximum Gasteiger partial charge on any atom is 0.141 e. The Morgan fingerprint density at radius 1 is 0.696 bits per heavy atom. The summed E-state index contributed by atoms with van der Waals surface area (Å²) in [4.78, 5) is 8.04. The SMILES string of the molecule is Oc1ccc(Cl)c2cccnc12.Oc1cccc2cccnc12. The summed E-state index contributed by atoms with van der Waals surface area (Å²) in [5.41, 5.74) is 1.21. The first-order valence-corrected chi connectivity index (χ1v) is 7.29. The molecule has 0 spiro atoms. The zero-order valence-electron chi connectivity index (χ0n) is 12.0. The van der Waals surface area contributed by atoms with E-state index in [0.717, 1.165) is 10.8 Å². The predicted molar refractivity (Wildman–Crippen MR) is 91.8 cm³/mol. The lowest BCUT2D eigenvalue weighted by Crippen LogP contribution is -1.78. The van der Waals surface area contributed by atoms with E-state index in [0.29, 0.717) is 16.1 Å². The Bertz CT molecular complexity index is 927. The van der Waals surface area contributed by atoms with E-state index in [-0.39, 0.29) is 11.5 Å². The molecule has 4 nitrogen and oxygen atoms in total. The van der Waals surface area contributed by atoms with Gasteiger partial charge in [0.05, 0.1) is 5.02 Å². The van der Waals surface area contributed by atoms with Crippen LogP contribution in [0.5, 0.6) is 11.5 Å². The van der Waals surface area contributed by atoms with Crippen molar-refractivity contribution in [1.82, 2.24) is 9.97 Å². The fourth-order valence-corrected chi connectivity index (χ4v) is 2.43. The van der Waals surface area contributed by atoms with Gasteiger partial charge in [0.2, 0.25) is 0 Å². The van der Waals surface area contributed by atoms with Crippen molar-refractivity contribution in [3.8, 4) is 11.5 Å². The maximum atomic E-state index is 9.37. The Labute approximate surface area is 137 Å². The van der Waals surface area contributed by atoms with Crippen molar-refractivity contribution in [2.75, 3.05) is 0 Å². The van der Waals surface area contributed by atoms with E-state index in [1.807, 2.05) is 24.3 Å². The number of halogens is 1. The first-order chi connectivity index (χ1) is 11.2. The molecule has 0 aliphatic rings. The molecule has 23 heavy (non-hydrogen) atoms. The fraction of sp³-hybridized carbons (Fsp3) is 0. The number of hydrogen-bond donors (Lipinski definition) is 2. The summed E-state index contributed by atoms with van der Waals surface area (Å²) in [5.74, 6) is 0.401. The molecule has 0 bridgehead atoms. The number of phenolic OH excluding ortho intramolecular Hbond substituents is 2. The molecule has 2 aromatic carbocycles. The molecule has 0 saturated carbocycles. The number of pyridine rings is 2. The molecule has 4 rings (SSSR count). The van der Waals surface area contributed by atoms with E-state index >= 15 is 0 Å². The van der Waals surface area contributed by atoms with Gasteiger partial charge in [0.1, 0.15) is 22.5 Å². The molecule has 0 saturated heterocycles. The summed E-state index contributed by atoms with van der Waals surface area (Å²) in [6.07, 6.45) is 3.29. The van der Waals surface area contributed by atoms with Crippen LogP contribution in [0.1, 0.15) is 0 Å². The van der Waals surface area contributed by atoms with Crippen molar-refractivity contribution in [3.63, 3.8) is 0 Å². The third-order valence-electron chi connectivity index (χ3n) is 3.31. The Hall–Kier alpha value is -2.85. The van der Waals surface area contributed by atoms with Gasteiger partial charge in [-0.2, -0.15) is 0 Å². The molecular formula is C18H13ClN2O2. The Morgan fingerprint density at radius 3 is 2.09 bits per heavy atom. The molecule has 0 fully saturated rings.